The monoisotopic (exact) mass is 338 g/mol. The maximum Gasteiger partial charge on any atom is 0.223 e. The van der Waals surface area contributed by atoms with Crippen molar-refractivity contribution in [2.75, 3.05) is 39.6 Å². The van der Waals surface area contributed by atoms with Crippen molar-refractivity contribution in [3.05, 3.63) is 18.2 Å². The van der Waals surface area contributed by atoms with Crippen LogP contribution in [0.5, 0.6) is 11.5 Å². The van der Waals surface area contributed by atoms with E-state index in [0.717, 1.165) is 48.9 Å². The van der Waals surface area contributed by atoms with Crippen molar-refractivity contribution < 1.29 is 14.3 Å². The summed E-state index contributed by atoms with van der Waals surface area (Å²) in [7, 11) is 3.25. The normalized spacial score (nSPS) is 15.5. The Morgan fingerprint density at radius 2 is 1.96 bits per heavy atom. The number of nitrogens with two attached hydrogens (primary N) is 1. The molecule has 1 aromatic carbocycles. The van der Waals surface area contributed by atoms with E-state index in [1.54, 1.807) is 26.0 Å². The van der Waals surface area contributed by atoms with Gasteiger partial charge < -0.3 is 20.1 Å². The van der Waals surface area contributed by atoms with Crippen molar-refractivity contribution in [3.8, 4) is 11.5 Å². The summed E-state index contributed by atoms with van der Waals surface area (Å²) >= 11 is 1.66. The summed E-state index contributed by atoms with van der Waals surface area (Å²) in [5.74, 6) is 3.03. The van der Waals surface area contributed by atoms with Crippen LogP contribution in [0.2, 0.25) is 0 Å². The Morgan fingerprint density at radius 3 is 2.57 bits per heavy atom. The number of ether oxygens (including phenoxy) is 2. The smallest absolute Gasteiger partial charge is 0.223 e. The molecule has 1 heterocycles. The van der Waals surface area contributed by atoms with Gasteiger partial charge in [-0.05, 0) is 43.5 Å². The Morgan fingerprint density at radius 1 is 1.26 bits per heavy atom. The number of benzene rings is 1. The van der Waals surface area contributed by atoms with Crippen LogP contribution in [-0.4, -0.2) is 50.4 Å². The van der Waals surface area contributed by atoms with Crippen LogP contribution in [0, 0.1) is 5.92 Å². The maximum atomic E-state index is 12.2. The molecule has 0 aliphatic carbocycles. The van der Waals surface area contributed by atoms with Gasteiger partial charge in [0.2, 0.25) is 5.91 Å². The van der Waals surface area contributed by atoms with Gasteiger partial charge in [-0.2, -0.15) is 0 Å². The third kappa shape index (κ3) is 5.04. The first-order valence-corrected chi connectivity index (χ1v) is 8.99. The molecule has 1 aliphatic rings. The van der Waals surface area contributed by atoms with E-state index in [-0.39, 0.29) is 5.91 Å². The molecule has 1 aromatic rings. The summed E-state index contributed by atoms with van der Waals surface area (Å²) < 4.78 is 10.5. The maximum absolute atomic E-state index is 12.2. The molecule has 0 bridgehead atoms. The fraction of sp³-hybridized carbons (Fsp3) is 0.588. The number of methoxy groups -OCH3 is 2. The lowest BCUT2D eigenvalue weighted by Crippen LogP contribution is -2.40. The van der Waals surface area contributed by atoms with Crippen molar-refractivity contribution in [1.29, 1.82) is 0 Å². The van der Waals surface area contributed by atoms with E-state index in [9.17, 15) is 4.79 Å². The molecule has 6 heteroatoms. The zero-order valence-corrected chi connectivity index (χ0v) is 14.7. The van der Waals surface area contributed by atoms with Crippen LogP contribution in [-0.2, 0) is 4.79 Å². The van der Waals surface area contributed by atoms with Crippen molar-refractivity contribution in [3.63, 3.8) is 0 Å². The molecule has 1 saturated heterocycles. The molecule has 0 spiro atoms. The topological polar surface area (TPSA) is 64.8 Å². The molecule has 0 unspecified atom stereocenters. The Bertz CT molecular complexity index is 517. The van der Waals surface area contributed by atoms with Gasteiger partial charge in [-0.25, -0.2) is 0 Å². The third-order valence-corrected chi connectivity index (χ3v) is 5.24. The molecule has 0 atom stereocenters. The molecular formula is C17H26N2O3S. The number of rotatable bonds is 7. The van der Waals surface area contributed by atoms with E-state index in [2.05, 4.69) is 0 Å². The third-order valence-electron chi connectivity index (χ3n) is 4.24. The predicted octanol–water partition coefficient (Wildman–Crippen LogP) is 2.38. The van der Waals surface area contributed by atoms with Gasteiger partial charge in [0.15, 0.2) is 11.5 Å². The lowest BCUT2D eigenvalue weighted by Gasteiger charge is -2.31. The number of carbonyl (C=O) groups excluding carboxylic acids is 1. The van der Waals surface area contributed by atoms with Crippen molar-refractivity contribution >= 4 is 17.7 Å². The highest BCUT2D eigenvalue weighted by Crippen LogP contribution is 2.32. The molecule has 0 radical (unpaired) electrons. The number of likely N-dealkylation sites (tertiary alicyclic amines) is 1. The van der Waals surface area contributed by atoms with Crippen LogP contribution in [0.3, 0.4) is 0 Å². The van der Waals surface area contributed by atoms with Crippen LogP contribution in [0.4, 0.5) is 0 Å². The van der Waals surface area contributed by atoms with Gasteiger partial charge in [-0.3, -0.25) is 4.79 Å². The predicted molar refractivity (Wildman–Crippen MR) is 93.2 cm³/mol. The number of hydrogen-bond donors (Lipinski definition) is 1. The number of hydrogen-bond acceptors (Lipinski definition) is 5. The molecule has 2 rings (SSSR count). The number of nitrogens with zero attached hydrogens (tertiary/aromatic N) is 1. The van der Waals surface area contributed by atoms with Gasteiger partial charge in [-0.15, -0.1) is 11.8 Å². The molecular weight excluding hydrogens is 312 g/mol. The first-order valence-electron chi connectivity index (χ1n) is 8.00. The average Bonchev–Trinajstić information content (AvgIpc) is 2.61. The van der Waals surface area contributed by atoms with Crippen LogP contribution in [0.1, 0.15) is 19.3 Å². The minimum absolute atomic E-state index is 0.244. The Hall–Kier alpha value is -1.40. The van der Waals surface area contributed by atoms with Gasteiger partial charge in [0, 0.05) is 30.2 Å². The van der Waals surface area contributed by atoms with E-state index < -0.39 is 0 Å². The molecule has 2 N–H and O–H groups in total. The lowest BCUT2D eigenvalue weighted by molar-refractivity contribution is -0.132. The zero-order chi connectivity index (χ0) is 16.7. The second-order valence-electron chi connectivity index (χ2n) is 5.68. The highest BCUT2D eigenvalue weighted by Gasteiger charge is 2.21. The van der Waals surface area contributed by atoms with E-state index in [1.165, 1.54) is 0 Å². The van der Waals surface area contributed by atoms with E-state index in [4.69, 9.17) is 15.2 Å². The number of thioether (sulfide) groups is 1. The lowest BCUT2D eigenvalue weighted by atomic mass is 9.97. The molecule has 1 aliphatic heterocycles. The molecule has 128 valence electrons. The minimum atomic E-state index is 0.244. The van der Waals surface area contributed by atoms with Crippen LogP contribution in [0.25, 0.3) is 0 Å². The number of amides is 1. The zero-order valence-electron chi connectivity index (χ0n) is 13.9. The largest absolute Gasteiger partial charge is 0.493 e. The van der Waals surface area contributed by atoms with E-state index in [1.807, 2.05) is 23.1 Å². The second-order valence-corrected chi connectivity index (χ2v) is 6.84. The molecule has 1 fully saturated rings. The Labute approximate surface area is 142 Å². The van der Waals surface area contributed by atoms with Gasteiger partial charge in [-0.1, -0.05) is 0 Å². The number of piperidine rings is 1. The number of carbonyl (C=O) groups is 1. The van der Waals surface area contributed by atoms with Crippen molar-refractivity contribution in [1.82, 2.24) is 4.90 Å². The Balaban J connectivity index is 1.77. The summed E-state index contributed by atoms with van der Waals surface area (Å²) in [6.07, 6.45) is 2.63. The molecule has 0 aromatic heterocycles. The van der Waals surface area contributed by atoms with Gasteiger partial charge in [0.1, 0.15) is 0 Å². The average molecular weight is 338 g/mol. The van der Waals surface area contributed by atoms with Crippen LogP contribution in [0.15, 0.2) is 23.1 Å². The van der Waals surface area contributed by atoms with Gasteiger partial charge in [0.05, 0.1) is 14.2 Å². The SMILES string of the molecule is COc1ccc(SCCC(=O)N2CCC(CN)CC2)cc1OC. The summed E-state index contributed by atoms with van der Waals surface area (Å²) in [6.45, 7) is 2.43. The van der Waals surface area contributed by atoms with Crippen LogP contribution >= 0.6 is 11.8 Å². The van der Waals surface area contributed by atoms with E-state index in [0.29, 0.717) is 18.1 Å². The first-order chi connectivity index (χ1) is 11.2. The first kappa shape index (κ1) is 17.9. The fourth-order valence-electron chi connectivity index (χ4n) is 2.74. The quantitative estimate of drug-likeness (QED) is 0.773. The highest BCUT2D eigenvalue weighted by molar-refractivity contribution is 7.99. The van der Waals surface area contributed by atoms with Crippen molar-refractivity contribution in [2.45, 2.75) is 24.2 Å². The van der Waals surface area contributed by atoms with Crippen LogP contribution < -0.4 is 15.2 Å². The Kier molecular flexibility index (Phi) is 7.05. The molecule has 23 heavy (non-hydrogen) atoms. The molecule has 5 nitrogen and oxygen atoms in total. The molecule has 0 saturated carbocycles. The summed E-state index contributed by atoms with van der Waals surface area (Å²) in [4.78, 5) is 15.3. The van der Waals surface area contributed by atoms with Crippen molar-refractivity contribution in [2.24, 2.45) is 11.7 Å². The highest BCUT2D eigenvalue weighted by atomic mass is 32.2. The standard InChI is InChI=1S/C17H26N2O3S/c1-21-15-4-3-14(11-16(15)22-2)23-10-7-17(20)19-8-5-13(12-18)6-9-19/h3-4,11,13H,5-10,12,18H2,1-2H3. The minimum Gasteiger partial charge on any atom is -0.493 e. The fourth-order valence-corrected chi connectivity index (χ4v) is 3.61. The van der Waals surface area contributed by atoms with Gasteiger partial charge in [0.25, 0.3) is 0 Å². The second kappa shape index (κ2) is 9.03. The summed E-state index contributed by atoms with van der Waals surface area (Å²) in [5.41, 5.74) is 5.69. The molecule has 1 amide bonds. The van der Waals surface area contributed by atoms with E-state index >= 15 is 0 Å². The summed E-state index contributed by atoms with van der Waals surface area (Å²) in [5, 5.41) is 0. The summed E-state index contributed by atoms with van der Waals surface area (Å²) in [6, 6.07) is 5.82. The van der Waals surface area contributed by atoms with Gasteiger partial charge >= 0.3 is 0 Å².